The van der Waals surface area contributed by atoms with Gasteiger partial charge in [-0.25, -0.2) is 0 Å². The van der Waals surface area contributed by atoms with E-state index in [9.17, 15) is 8.42 Å². The van der Waals surface area contributed by atoms with E-state index in [4.69, 9.17) is 15.0 Å². The summed E-state index contributed by atoms with van der Waals surface area (Å²) in [4.78, 5) is 0. The predicted octanol–water partition coefficient (Wildman–Crippen LogP) is 0.717. The van der Waals surface area contributed by atoms with Crippen molar-refractivity contribution in [3.8, 4) is 0 Å². The molecule has 0 amide bonds. The molecule has 0 fully saturated rings. The molecule has 2 atom stereocenters. The maximum Gasteiger partial charge on any atom is 0.264 e. The van der Waals surface area contributed by atoms with Gasteiger partial charge in [0.05, 0.1) is 11.9 Å². The van der Waals surface area contributed by atoms with Crippen LogP contribution in [0.4, 0.5) is 0 Å². The highest BCUT2D eigenvalue weighted by molar-refractivity contribution is 7.85. The van der Waals surface area contributed by atoms with E-state index in [1.807, 2.05) is 13.0 Å². The Hall–Kier alpha value is -0.430. The van der Waals surface area contributed by atoms with Crippen molar-refractivity contribution in [2.45, 2.75) is 38.3 Å². The highest BCUT2D eigenvalue weighted by Crippen LogP contribution is 2.19. The van der Waals surface area contributed by atoms with Gasteiger partial charge in [0, 0.05) is 12.6 Å². The maximum absolute atomic E-state index is 10.5. The molecule has 0 heterocycles. The lowest BCUT2D eigenvalue weighted by atomic mass is 9.94. The fourth-order valence-corrected chi connectivity index (χ4v) is 2.23. The van der Waals surface area contributed by atoms with Crippen LogP contribution < -0.4 is 5.73 Å². The monoisotopic (exact) mass is 249 g/mol. The van der Waals surface area contributed by atoms with E-state index in [0.29, 0.717) is 13.0 Å². The molecule has 0 saturated carbocycles. The highest BCUT2D eigenvalue weighted by atomic mass is 32.2. The average molecular weight is 249 g/mol. The van der Waals surface area contributed by atoms with Crippen molar-refractivity contribution in [3.63, 3.8) is 0 Å². The van der Waals surface area contributed by atoms with Crippen LogP contribution in [0.25, 0.3) is 0 Å². The first-order valence-electron chi connectivity index (χ1n) is 5.38. The van der Waals surface area contributed by atoms with Crippen LogP contribution in [0, 0.1) is 0 Å². The average Bonchev–Trinajstić information content (AvgIpc) is 2.13. The molecule has 0 aromatic carbocycles. The number of rotatable bonds is 5. The van der Waals surface area contributed by atoms with Crippen LogP contribution in [0.15, 0.2) is 11.6 Å². The van der Waals surface area contributed by atoms with Gasteiger partial charge in [-0.3, -0.25) is 4.55 Å². The highest BCUT2D eigenvalue weighted by Gasteiger charge is 2.20. The first kappa shape index (κ1) is 13.6. The summed E-state index contributed by atoms with van der Waals surface area (Å²) in [6.45, 7) is 2.35. The molecular formula is C10H19NO4S. The molecule has 1 aliphatic carbocycles. The normalized spacial score (nSPS) is 26.6. The predicted molar refractivity (Wildman–Crippen MR) is 61.7 cm³/mol. The van der Waals surface area contributed by atoms with Gasteiger partial charge in [0.25, 0.3) is 10.1 Å². The number of allylic oxidation sites excluding steroid dienone is 1. The number of nitrogens with two attached hydrogens (primary N) is 1. The Morgan fingerprint density at radius 3 is 2.88 bits per heavy atom. The molecule has 6 heteroatoms. The summed E-state index contributed by atoms with van der Waals surface area (Å²) in [7, 11) is -3.87. The molecule has 0 aromatic rings. The van der Waals surface area contributed by atoms with Gasteiger partial charge in [-0.05, 0) is 26.2 Å². The van der Waals surface area contributed by atoms with Crippen molar-refractivity contribution in [2.75, 3.05) is 12.4 Å². The third-order valence-corrected chi connectivity index (χ3v) is 3.41. The van der Waals surface area contributed by atoms with Gasteiger partial charge in [-0.2, -0.15) is 8.42 Å². The van der Waals surface area contributed by atoms with E-state index in [1.165, 1.54) is 5.57 Å². The van der Waals surface area contributed by atoms with Crippen molar-refractivity contribution < 1.29 is 17.7 Å². The third-order valence-electron chi connectivity index (χ3n) is 2.61. The quantitative estimate of drug-likeness (QED) is 0.425. The van der Waals surface area contributed by atoms with Crippen LogP contribution in [0.3, 0.4) is 0 Å². The minimum absolute atomic E-state index is 0.0369. The second-order valence-corrected chi connectivity index (χ2v) is 5.75. The molecule has 3 N–H and O–H groups in total. The molecule has 0 aromatic heterocycles. The first-order valence-corrected chi connectivity index (χ1v) is 6.99. The smallest absolute Gasteiger partial charge is 0.264 e. The molecule has 16 heavy (non-hydrogen) atoms. The Kier molecular flexibility index (Phi) is 4.91. The summed E-state index contributed by atoms with van der Waals surface area (Å²) in [5.41, 5.74) is 7.14. The number of ether oxygens (including phenoxy) is 1. The molecular weight excluding hydrogens is 230 g/mol. The van der Waals surface area contributed by atoms with Crippen molar-refractivity contribution in [2.24, 2.45) is 5.73 Å². The molecule has 0 aliphatic heterocycles. The van der Waals surface area contributed by atoms with Gasteiger partial charge in [-0.15, -0.1) is 0 Å². The molecule has 1 aliphatic rings. The summed E-state index contributed by atoms with van der Waals surface area (Å²) in [6, 6.07) is -0.112. The zero-order valence-electron chi connectivity index (χ0n) is 9.43. The summed E-state index contributed by atoms with van der Waals surface area (Å²) in [5, 5.41) is 0. The molecule has 2 unspecified atom stereocenters. The molecule has 1 rings (SSSR count). The van der Waals surface area contributed by atoms with Crippen LogP contribution in [-0.2, 0) is 14.9 Å². The van der Waals surface area contributed by atoms with E-state index >= 15 is 0 Å². The van der Waals surface area contributed by atoms with Crippen LogP contribution >= 0.6 is 0 Å². The van der Waals surface area contributed by atoms with Gasteiger partial charge in [-0.1, -0.05) is 11.6 Å². The van der Waals surface area contributed by atoms with E-state index in [1.54, 1.807) is 0 Å². The second kappa shape index (κ2) is 5.77. The summed E-state index contributed by atoms with van der Waals surface area (Å²) >= 11 is 0. The lowest BCUT2D eigenvalue weighted by molar-refractivity contribution is 0.0366. The van der Waals surface area contributed by atoms with Gasteiger partial charge in [0.15, 0.2) is 0 Å². The molecule has 0 saturated heterocycles. The Balaban J connectivity index is 2.24. The minimum atomic E-state index is -3.87. The van der Waals surface area contributed by atoms with E-state index in [2.05, 4.69) is 0 Å². The lowest BCUT2D eigenvalue weighted by Gasteiger charge is -2.26. The molecule has 5 nitrogen and oxygen atoms in total. The maximum atomic E-state index is 10.5. The first-order chi connectivity index (χ1) is 7.38. The van der Waals surface area contributed by atoms with Crippen LogP contribution in [0.1, 0.15) is 26.2 Å². The minimum Gasteiger partial charge on any atom is -0.376 e. The van der Waals surface area contributed by atoms with Crippen molar-refractivity contribution in [1.29, 1.82) is 0 Å². The summed E-state index contributed by atoms with van der Waals surface area (Å²) in [5.74, 6) is -0.260. The topological polar surface area (TPSA) is 89.6 Å². The molecule has 0 radical (unpaired) electrons. The zero-order chi connectivity index (χ0) is 12.2. The van der Waals surface area contributed by atoms with Crippen LogP contribution in [-0.4, -0.2) is 37.5 Å². The van der Waals surface area contributed by atoms with Gasteiger partial charge in [0.1, 0.15) is 0 Å². The van der Waals surface area contributed by atoms with Crippen LogP contribution in [0.2, 0.25) is 0 Å². The van der Waals surface area contributed by atoms with E-state index in [-0.39, 0.29) is 17.9 Å². The van der Waals surface area contributed by atoms with E-state index in [0.717, 1.165) is 12.8 Å². The largest absolute Gasteiger partial charge is 0.376 e. The Labute approximate surface area is 96.4 Å². The number of hydrogen-bond donors (Lipinski definition) is 2. The van der Waals surface area contributed by atoms with Gasteiger partial charge < -0.3 is 10.5 Å². The molecule has 0 spiro atoms. The van der Waals surface area contributed by atoms with Gasteiger partial charge >= 0.3 is 0 Å². The standard InChI is InChI=1S/C10H19NO4S/c1-8-3-4-10(9(11)7-8)15-5-2-6-16(12,13)14/h7,9-10H,2-6,11H2,1H3,(H,12,13,14). The molecule has 94 valence electrons. The van der Waals surface area contributed by atoms with Crippen molar-refractivity contribution >= 4 is 10.1 Å². The SMILES string of the molecule is CC1=CC(N)C(OCCCS(=O)(=O)O)CC1. The third kappa shape index (κ3) is 5.07. The Bertz CT molecular complexity index is 350. The Morgan fingerprint density at radius 2 is 2.31 bits per heavy atom. The van der Waals surface area contributed by atoms with Crippen molar-refractivity contribution in [1.82, 2.24) is 0 Å². The number of hydrogen-bond acceptors (Lipinski definition) is 4. The lowest BCUT2D eigenvalue weighted by Crippen LogP contribution is -2.38. The van der Waals surface area contributed by atoms with Gasteiger partial charge in [0.2, 0.25) is 0 Å². The summed E-state index contributed by atoms with van der Waals surface area (Å²) in [6.07, 6.45) is 4.08. The fourth-order valence-electron chi connectivity index (χ4n) is 1.75. The molecule has 0 bridgehead atoms. The van der Waals surface area contributed by atoms with E-state index < -0.39 is 10.1 Å². The summed E-state index contributed by atoms with van der Waals surface area (Å²) < 4.78 is 34.9. The zero-order valence-corrected chi connectivity index (χ0v) is 10.2. The van der Waals surface area contributed by atoms with Crippen molar-refractivity contribution in [3.05, 3.63) is 11.6 Å². The second-order valence-electron chi connectivity index (χ2n) is 4.18. The van der Waals surface area contributed by atoms with Crippen LogP contribution in [0.5, 0.6) is 0 Å². The fraction of sp³-hybridized carbons (Fsp3) is 0.800. The Morgan fingerprint density at radius 1 is 1.62 bits per heavy atom.